The Morgan fingerprint density at radius 2 is 1.80 bits per heavy atom. The Kier molecular flexibility index (Phi) is 6.93. The van der Waals surface area contributed by atoms with Crippen molar-refractivity contribution in [2.24, 2.45) is 10.9 Å². The van der Waals surface area contributed by atoms with E-state index in [2.05, 4.69) is 74.0 Å². The zero-order valence-electron chi connectivity index (χ0n) is 21.5. The van der Waals surface area contributed by atoms with E-state index in [0.717, 1.165) is 51.0 Å². The smallest absolute Gasteiger partial charge is 0.187 e. The van der Waals surface area contributed by atoms with E-state index in [1.54, 1.807) is 13.3 Å². The van der Waals surface area contributed by atoms with Gasteiger partial charge in [-0.05, 0) is 63.6 Å². The van der Waals surface area contributed by atoms with Crippen molar-refractivity contribution < 1.29 is 5.11 Å². The zero-order valence-corrected chi connectivity index (χ0v) is 21.5. The molecule has 3 fully saturated rings. The predicted octanol–water partition coefficient (Wildman–Crippen LogP) is 3.88. The summed E-state index contributed by atoms with van der Waals surface area (Å²) in [5, 5.41) is 11.6. The van der Waals surface area contributed by atoms with Crippen molar-refractivity contribution in [3.05, 3.63) is 54.1 Å². The Morgan fingerprint density at radius 1 is 1.11 bits per heavy atom. The Bertz CT molecular complexity index is 998. The maximum atomic E-state index is 11.6. The second-order valence-electron chi connectivity index (χ2n) is 10.7. The molecule has 1 spiro atoms. The molecule has 5 rings (SSSR count). The van der Waals surface area contributed by atoms with Gasteiger partial charge in [-0.3, -0.25) is 14.8 Å². The summed E-state index contributed by atoms with van der Waals surface area (Å²) in [6.45, 7) is 5.06. The first-order valence-corrected chi connectivity index (χ1v) is 13.2. The van der Waals surface area contributed by atoms with Crippen LogP contribution in [0.15, 0.2) is 47.7 Å². The van der Waals surface area contributed by atoms with E-state index in [0.29, 0.717) is 11.7 Å². The topological polar surface area (TPSA) is 68.1 Å². The number of benzene rings is 1. The molecule has 1 unspecified atom stereocenters. The highest BCUT2D eigenvalue weighted by atomic mass is 16.3. The molecular formula is C28H40N6O. The van der Waals surface area contributed by atoms with Crippen LogP contribution in [0.4, 0.5) is 5.69 Å². The van der Waals surface area contributed by atoms with Gasteiger partial charge in [-0.25, -0.2) is 9.97 Å². The van der Waals surface area contributed by atoms with E-state index in [1.165, 1.54) is 24.8 Å². The van der Waals surface area contributed by atoms with Crippen LogP contribution in [0.25, 0.3) is 0 Å². The molecule has 1 aromatic carbocycles. The Balaban J connectivity index is 1.43. The molecule has 35 heavy (non-hydrogen) atoms. The molecule has 1 aliphatic heterocycles. The lowest BCUT2D eigenvalue weighted by molar-refractivity contribution is -0.0681. The van der Waals surface area contributed by atoms with Gasteiger partial charge in [-0.1, -0.05) is 43.7 Å². The number of nitrogens with zero attached hydrogens (tertiary/aromatic N) is 6. The molecule has 2 aliphatic carbocycles. The Morgan fingerprint density at radius 3 is 2.37 bits per heavy atom. The number of hydrogen-bond acceptors (Lipinski definition) is 7. The third kappa shape index (κ3) is 4.39. The SMILES string of the molecule is CCN(C)[C@]1(c2ccccc2)CC[C@]2(CC1)CN(c1cnc(/C=N\C)nc1)C(O)N2CC1CCC1. The molecular weight excluding hydrogens is 436 g/mol. The van der Waals surface area contributed by atoms with Gasteiger partial charge in [0.25, 0.3) is 0 Å². The molecule has 188 valence electrons. The third-order valence-electron chi connectivity index (χ3n) is 9.07. The van der Waals surface area contributed by atoms with Crippen molar-refractivity contribution in [1.82, 2.24) is 19.8 Å². The summed E-state index contributed by atoms with van der Waals surface area (Å²) in [6, 6.07) is 11.0. The van der Waals surface area contributed by atoms with Crippen LogP contribution in [0.3, 0.4) is 0 Å². The van der Waals surface area contributed by atoms with Crippen LogP contribution in [0.2, 0.25) is 0 Å². The predicted molar refractivity (Wildman–Crippen MR) is 141 cm³/mol. The minimum atomic E-state index is -0.641. The number of hydrogen-bond donors (Lipinski definition) is 1. The van der Waals surface area contributed by atoms with Crippen molar-refractivity contribution >= 4 is 11.9 Å². The molecule has 3 aliphatic rings. The third-order valence-corrected chi connectivity index (χ3v) is 9.07. The molecule has 1 saturated heterocycles. The van der Waals surface area contributed by atoms with E-state index in [4.69, 9.17) is 0 Å². The lowest BCUT2D eigenvalue weighted by Gasteiger charge is -2.52. The van der Waals surface area contributed by atoms with Crippen molar-refractivity contribution in [3.8, 4) is 0 Å². The van der Waals surface area contributed by atoms with Crippen molar-refractivity contribution in [1.29, 1.82) is 0 Å². The lowest BCUT2D eigenvalue weighted by Crippen LogP contribution is -2.57. The van der Waals surface area contributed by atoms with Crippen molar-refractivity contribution in [2.45, 2.75) is 69.3 Å². The first-order chi connectivity index (χ1) is 17.0. The van der Waals surface area contributed by atoms with E-state index >= 15 is 0 Å². The number of anilines is 1. The molecule has 0 bridgehead atoms. The van der Waals surface area contributed by atoms with Gasteiger partial charge in [0.05, 0.1) is 24.3 Å². The number of aliphatic hydroxyl groups excluding tert-OH is 1. The van der Waals surface area contributed by atoms with E-state index in [-0.39, 0.29) is 11.1 Å². The summed E-state index contributed by atoms with van der Waals surface area (Å²) in [5.74, 6) is 1.29. The van der Waals surface area contributed by atoms with E-state index in [9.17, 15) is 5.11 Å². The van der Waals surface area contributed by atoms with Crippen LogP contribution in [0, 0.1) is 5.92 Å². The minimum Gasteiger partial charge on any atom is -0.361 e. The van der Waals surface area contributed by atoms with Gasteiger partial charge >= 0.3 is 0 Å². The summed E-state index contributed by atoms with van der Waals surface area (Å²) in [7, 11) is 3.99. The van der Waals surface area contributed by atoms with Crippen molar-refractivity contribution in [2.75, 3.05) is 38.6 Å². The second-order valence-corrected chi connectivity index (χ2v) is 10.7. The zero-order chi connectivity index (χ0) is 24.5. The highest BCUT2D eigenvalue weighted by molar-refractivity contribution is 5.74. The number of aromatic nitrogens is 2. The molecule has 7 heteroatoms. The van der Waals surface area contributed by atoms with Crippen LogP contribution in [0.1, 0.15) is 63.3 Å². The molecule has 1 atom stereocenters. The summed E-state index contributed by atoms with van der Waals surface area (Å²) >= 11 is 0. The lowest BCUT2D eigenvalue weighted by atomic mass is 9.68. The first-order valence-electron chi connectivity index (χ1n) is 13.2. The largest absolute Gasteiger partial charge is 0.361 e. The molecule has 0 amide bonds. The summed E-state index contributed by atoms with van der Waals surface area (Å²) in [5.41, 5.74) is 2.31. The van der Waals surface area contributed by atoms with Gasteiger partial charge in [-0.2, -0.15) is 0 Å². The van der Waals surface area contributed by atoms with Gasteiger partial charge in [-0.15, -0.1) is 0 Å². The van der Waals surface area contributed by atoms with Gasteiger partial charge in [0, 0.05) is 31.2 Å². The highest BCUT2D eigenvalue weighted by Crippen LogP contribution is 2.51. The molecule has 1 N–H and O–H groups in total. The van der Waals surface area contributed by atoms with Crippen LogP contribution in [-0.4, -0.2) is 76.7 Å². The summed E-state index contributed by atoms with van der Waals surface area (Å²) < 4.78 is 0. The molecule has 0 radical (unpaired) electrons. The van der Waals surface area contributed by atoms with Crippen LogP contribution < -0.4 is 4.90 Å². The quantitative estimate of drug-likeness (QED) is 0.612. The first kappa shape index (κ1) is 24.3. The standard InChI is InChI=1S/C28H40N6O/c1-4-32(3)28(23-11-6-5-7-12-23)15-13-27(14-16-28)21-33(24-17-30-25(19-29-2)31-18-24)26(35)34(27)20-22-9-8-10-22/h5-7,11-12,17-19,22,26,35H,4,8-10,13-16,20-21H2,1-3H3/b29-19-/t26?,27-,28+. The average Bonchev–Trinajstić information content (AvgIpc) is 3.13. The molecule has 2 aromatic rings. The molecule has 2 heterocycles. The van der Waals surface area contributed by atoms with E-state index in [1.807, 2.05) is 12.4 Å². The average molecular weight is 477 g/mol. The van der Waals surface area contributed by atoms with Crippen molar-refractivity contribution in [3.63, 3.8) is 0 Å². The van der Waals surface area contributed by atoms with Gasteiger partial charge in [0.15, 0.2) is 12.2 Å². The van der Waals surface area contributed by atoms with Gasteiger partial charge in [0.2, 0.25) is 0 Å². The van der Waals surface area contributed by atoms with Crippen LogP contribution >= 0.6 is 0 Å². The maximum Gasteiger partial charge on any atom is 0.187 e. The highest BCUT2D eigenvalue weighted by Gasteiger charge is 2.55. The second kappa shape index (κ2) is 9.96. The van der Waals surface area contributed by atoms with Crippen LogP contribution in [0.5, 0.6) is 0 Å². The van der Waals surface area contributed by atoms with Gasteiger partial charge < -0.3 is 10.0 Å². The number of rotatable bonds is 7. The minimum absolute atomic E-state index is 0.0363. The Hall–Kier alpha value is -2.35. The molecule has 7 nitrogen and oxygen atoms in total. The van der Waals surface area contributed by atoms with Crippen LogP contribution in [-0.2, 0) is 5.54 Å². The normalized spacial score (nSPS) is 30.0. The molecule has 2 saturated carbocycles. The maximum absolute atomic E-state index is 11.6. The summed E-state index contributed by atoms with van der Waals surface area (Å²) in [6.07, 6.45) is 12.9. The fourth-order valence-electron chi connectivity index (χ4n) is 6.55. The van der Waals surface area contributed by atoms with Gasteiger partial charge in [0.1, 0.15) is 0 Å². The number of aliphatic imine (C=N–C) groups is 1. The summed E-state index contributed by atoms with van der Waals surface area (Å²) in [4.78, 5) is 20.0. The fourth-order valence-corrected chi connectivity index (χ4v) is 6.55. The van der Waals surface area contributed by atoms with E-state index < -0.39 is 6.35 Å². The molecule has 1 aromatic heterocycles. The Labute approximate surface area is 209 Å². The fraction of sp³-hybridized carbons (Fsp3) is 0.607. The number of aliphatic hydroxyl groups is 1. The monoisotopic (exact) mass is 476 g/mol.